The van der Waals surface area contributed by atoms with Crippen molar-refractivity contribution < 1.29 is 9.59 Å². The fourth-order valence-electron chi connectivity index (χ4n) is 4.00. The number of anilines is 1. The number of nitrogens with two attached hydrogens (primary N) is 1. The maximum absolute atomic E-state index is 12.8. The standard InChI is InChI=1S/C23H25ClN6O2/c24-18-10-4-3-9-17(18)19(27-23(25)32)14-21(31)26-16-8-6-7-15(13-16)22-29-28-20-11-2-1-5-12-30(20)22/h3-4,6-10,13,19H,1-2,5,11-12,14H2,(H,26,31)(H3,25,27,32). The topological polar surface area (TPSA) is 115 Å². The Labute approximate surface area is 191 Å². The van der Waals surface area contributed by atoms with Crippen LogP contribution in [0, 0.1) is 0 Å². The van der Waals surface area contributed by atoms with Crippen LogP contribution in [0.2, 0.25) is 5.02 Å². The summed E-state index contributed by atoms with van der Waals surface area (Å²) in [6.45, 7) is 0.895. The smallest absolute Gasteiger partial charge is 0.312 e. The zero-order valence-corrected chi connectivity index (χ0v) is 18.3. The number of aromatic nitrogens is 3. The normalized spacial score (nSPS) is 14.2. The second-order valence-corrected chi connectivity index (χ2v) is 8.23. The Kier molecular flexibility index (Phi) is 6.70. The largest absolute Gasteiger partial charge is 0.352 e. The van der Waals surface area contributed by atoms with Crippen molar-refractivity contribution in [3.63, 3.8) is 0 Å². The van der Waals surface area contributed by atoms with Crippen LogP contribution in [0.25, 0.3) is 11.4 Å². The van der Waals surface area contributed by atoms with Crippen molar-refractivity contribution in [2.75, 3.05) is 5.32 Å². The molecule has 3 amide bonds. The summed E-state index contributed by atoms with van der Waals surface area (Å²) in [5.41, 5.74) is 7.46. The van der Waals surface area contributed by atoms with Crippen LogP contribution in [0.4, 0.5) is 10.5 Å². The zero-order valence-electron chi connectivity index (χ0n) is 17.6. The van der Waals surface area contributed by atoms with Crippen LogP contribution in [-0.2, 0) is 17.8 Å². The lowest BCUT2D eigenvalue weighted by atomic mass is 10.0. The van der Waals surface area contributed by atoms with Gasteiger partial charge in [0.15, 0.2) is 5.82 Å². The molecular weight excluding hydrogens is 428 g/mol. The van der Waals surface area contributed by atoms with E-state index in [1.807, 2.05) is 24.3 Å². The Morgan fingerprint density at radius 1 is 1.09 bits per heavy atom. The first-order valence-corrected chi connectivity index (χ1v) is 11.0. The number of amides is 3. The fraction of sp³-hybridized carbons (Fsp3) is 0.304. The molecule has 3 aromatic rings. The average molecular weight is 453 g/mol. The number of rotatable bonds is 6. The van der Waals surface area contributed by atoms with E-state index >= 15 is 0 Å². The molecule has 2 aromatic carbocycles. The predicted molar refractivity (Wildman–Crippen MR) is 123 cm³/mol. The van der Waals surface area contributed by atoms with Crippen molar-refractivity contribution in [3.8, 4) is 11.4 Å². The number of fused-ring (bicyclic) bond motifs is 1. The van der Waals surface area contributed by atoms with E-state index in [1.165, 1.54) is 6.42 Å². The van der Waals surface area contributed by atoms with Crippen LogP contribution in [0.5, 0.6) is 0 Å². The van der Waals surface area contributed by atoms with Gasteiger partial charge in [-0.05, 0) is 36.6 Å². The Hall–Kier alpha value is -3.39. The number of carbonyl (C=O) groups excluding carboxylic acids is 2. The molecule has 0 radical (unpaired) electrons. The van der Waals surface area contributed by atoms with E-state index in [4.69, 9.17) is 17.3 Å². The molecule has 1 aliphatic heterocycles. The number of nitrogens with one attached hydrogen (secondary N) is 2. The SMILES string of the molecule is NC(=O)NC(CC(=O)Nc1cccc(-c2nnc3n2CCCCC3)c1)c1ccccc1Cl. The van der Waals surface area contributed by atoms with Crippen LogP contribution >= 0.6 is 11.6 Å². The molecule has 1 unspecified atom stereocenters. The van der Waals surface area contributed by atoms with E-state index < -0.39 is 12.1 Å². The molecule has 2 heterocycles. The maximum atomic E-state index is 12.8. The number of aryl methyl sites for hydroxylation is 1. The molecule has 1 atom stereocenters. The highest BCUT2D eigenvalue weighted by Crippen LogP contribution is 2.27. The minimum Gasteiger partial charge on any atom is -0.352 e. The lowest BCUT2D eigenvalue weighted by molar-refractivity contribution is -0.116. The van der Waals surface area contributed by atoms with Gasteiger partial charge in [0.2, 0.25) is 5.91 Å². The zero-order chi connectivity index (χ0) is 22.5. The van der Waals surface area contributed by atoms with Crippen molar-refractivity contribution in [2.24, 2.45) is 5.73 Å². The number of carbonyl (C=O) groups is 2. The lowest BCUT2D eigenvalue weighted by Crippen LogP contribution is -2.35. The molecule has 0 bridgehead atoms. The molecule has 0 fully saturated rings. The first kappa shape index (κ1) is 21.8. The van der Waals surface area contributed by atoms with Gasteiger partial charge in [-0.3, -0.25) is 4.79 Å². The second-order valence-electron chi connectivity index (χ2n) is 7.82. The lowest BCUT2D eigenvalue weighted by Gasteiger charge is -2.19. The summed E-state index contributed by atoms with van der Waals surface area (Å²) in [7, 11) is 0. The first-order chi connectivity index (χ1) is 15.5. The van der Waals surface area contributed by atoms with Gasteiger partial charge in [0.25, 0.3) is 0 Å². The number of nitrogens with zero attached hydrogens (tertiary/aromatic N) is 3. The number of hydrogen-bond acceptors (Lipinski definition) is 4. The van der Waals surface area contributed by atoms with E-state index in [0.29, 0.717) is 16.3 Å². The fourth-order valence-corrected chi connectivity index (χ4v) is 4.27. The molecule has 0 spiro atoms. The number of primary amides is 1. The van der Waals surface area contributed by atoms with Crippen LogP contribution in [-0.4, -0.2) is 26.7 Å². The summed E-state index contributed by atoms with van der Waals surface area (Å²) >= 11 is 6.25. The molecule has 9 heteroatoms. The van der Waals surface area contributed by atoms with E-state index in [2.05, 4.69) is 25.4 Å². The minimum atomic E-state index is -0.725. The van der Waals surface area contributed by atoms with Gasteiger partial charge in [-0.15, -0.1) is 10.2 Å². The third-order valence-electron chi connectivity index (χ3n) is 5.50. The van der Waals surface area contributed by atoms with Gasteiger partial charge in [-0.25, -0.2) is 4.79 Å². The van der Waals surface area contributed by atoms with Gasteiger partial charge in [0.1, 0.15) is 5.82 Å². The summed E-state index contributed by atoms with van der Waals surface area (Å²) in [4.78, 5) is 24.3. The van der Waals surface area contributed by atoms with Crippen molar-refractivity contribution >= 4 is 29.2 Å². The van der Waals surface area contributed by atoms with E-state index in [9.17, 15) is 9.59 Å². The first-order valence-electron chi connectivity index (χ1n) is 10.6. The van der Waals surface area contributed by atoms with Crippen molar-refractivity contribution in [2.45, 2.75) is 44.7 Å². The highest BCUT2D eigenvalue weighted by atomic mass is 35.5. The number of benzene rings is 2. The number of halogens is 1. The average Bonchev–Trinajstić information content (AvgIpc) is 3.02. The Morgan fingerprint density at radius 2 is 1.94 bits per heavy atom. The molecule has 1 aliphatic rings. The molecular formula is C23H25ClN6O2. The van der Waals surface area contributed by atoms with Crippen LogP contribution < -0.4 is 16.4 Å². The van der Waals surface area contributed by atoms with Crippen LogP contribution in [0.3, 0.4) is 0 Å². The summed E-state index contributed by atoms with van der Waals surface area (Å²) in [5, 5.41) is 14.7. The molecule has 0 aliphatic carbocycles. The van der Waals surface area contributed by atoms with E-state index in [0.717, 1.165) is 43.0 Å². The van der Waals surface area contributed by atoms with Gasteiger partial charge in [0.05, 0.1) is 12.5 Å². The minimum absolute atomic E-state index is 0.0166. The Bertz CT molecular complexity index is 1130. The summed E-state index contributed by atoms with van der Waals surface area (Å²) in [5.74, 6) is 1.54. The molecule has 1 aromatic heterocycles. The molecule has 0 saturated carbocycles. The van der Waals surface area contributed by atoms with Gasteiger partial charge < -0.3 is 20.9 Å². The van der Waals surface area contributed by atoms with Gasteiger partial charge in [-0.1, -0.05) is 48.4 Å². The van der Waals surface area contributed by atoms with Crippen LogP contribution in [0.1, 0.15) is 43.1 Å². The third-order valence-corrected chi connectivity index (χ3v) is 5.84. The molecule has 166 valence electrons. The monoisotopic (exact) mass is 452 g/mol. The molecule has 4 rings (SSSR count). The predicted octanol–water partition coefficient (Wildman–Crippen LogP) is 4.06. The number of hydrogen-bond donors (Lipinski definition) is 3. The molecule has 8 nitrogen and oxygen atoms in total. The summed E-state index contributed by atoms with van der Waals surface area (Å²) in [6, 6.07) is 13.2. The third kappa shape index (κ3) is 5.08. The molecule has 0 saturated heterocycles. The van der Waals surface area contributed by atoms with E-state index in [-0.39, 0.29) is 12.3 Å². The van der Waals surface area contributed by atoms with E-state index in [1.54, 1.807) is 24.3 Å². The maximum Gasteiger partial charge on any atom is 0.312 e. The van der Waals surface area contributed by atoms with Gasteiger partial charge in [0, 0.05) is 29.2 Å². The number of urea groups is 1. The highest BCUT2D eigenvalue weighted by Gasteiger charge is 2.20. The van der Waals surface area contributed by atoms with Crippen molar-refractivity contribution in [1.29, 1.82) is 0 Å². The quantitative estimate of drug-likeness (QED) is 0.523. The Balaban J connectivity index is 1.51. The Morgan fingerprint density at radius 3 is 2.75 bits per heavy atom. The van der Waals surface area contributed by atoms with Gasteiger partial charge >= 0.3 is 6.03 Å². The van der Waals surface area contributed by atoms with Crippen molar-refractivity contribution in [3.05, 3.63) is 64.9 Å². The highest BCUT2D eigenvalue weighted by molar-refractivity contribution is 6.31. The van der Waals surface area contributed by atoms with Crippen LogP contribution in [0.15, 0.2) is 48.5 Å². The summed E-state index contributed by atoms with van der Waals surface area (Å²) < 4.78 is 2.16. The molecule has 4 N–H and O–H groups in total. The molecule has 32 heavy (non-hydrogen) atoms. The second kappa shape index (κ2) is 9.82. The summed E-state index contributed by atoms with van der Waals surface area (Å²) in [6.07, 6.45) is 4.33. The van der Waals surface area contributed by atoms with Gasteiger partial charge in [-0.2, -0.15) is 0 Å². The van der Waals surface area contributed by atoms with Crippen molar-refractivity contribution in [1.82, 2.24) is 20.1 Å².